The first-order valence-corrected chi connectivity index (χ1v) is 7.39. The highest BCUT2D eigenvalue weighted by atomic mass is 16.5. The molecule has 0 aliphatic rings. The van der Waals surface area contributed by atoms with E-state index in [0.29, 0.717) is 17.1 Å². The van der Waals surface area contributed by atoms with Crippen molar-refractivity contribution >= 4 is 12.1 Å². The number of hydrazone groups is 1. The van der Waals surface area contributed by atoms with Crippen LogP contribution < -0.4 is 14.9 Å². The Labute approximate surface area is 140 Å². The molecule has 0 aromatic heterocycles. The number of hydrogen-bond donors (Lipinski definition) is 2. The Bertz CT molecular complexity index is 757. The molecule has 1 amide bonds. The van der Waals surface area contributed by atoms with Gasteiger partial charge in [-0.3, -0.25) is 4.79 Å². The molecule has 6 nitrogen and oxygen atoms in total. The summed E-state index contributed by atoms with van der Waals surface area (Å²) in [6.45, 7) is 3.80. The maximum Gasteiger partial charge on any atom is 0.277 e. The van der Waals surface area contributed by atoms with E-state index < -0.39 is 0 Å². The van der Waals surface area contributed by atoms with Crippen molar-refractivity contribution in [2.24, 2.45) is 5.10 Å². The van der Waals surface area contributed by atoms with Crippen LogP contribution in [0.4, 0.5) is 0 Å². The smallest absolute Gasteiger partial charge is 0.277 e. The van der Waals surface area contributed by atoms with Gasteiger partial charge in [-0.15, -0.1) is 0 Å². The Morgan fingerprint density at radius 1 is 1.25 bits per heavy atom. The second-order valence-corrected chi connectivity index (χ2v) is 5.21. The van der Waals surface area contributed by atoms with Gasteiger partial charge in [0, 0.05) is 0 Å². The number of benzene rings is 2. The largest absolute Gasteiger partial charge is 0.504 e. The minimum absolute atomic E-state index is 0.0422. The highest BCUT2D eigenvalue weighted by Gasteiger charge is 2.05. The van der Waals surface area contributed by atoms with Crippen molar-refractivity contribution in [1.29, 1.82) is 0 Å². The van der Waals surface area contributed by atoms with Crippen LogP contribution >= 0.6 is 0 Å². The van der Waals surface area contributed by atoms with Crippen LogP contribution in [-0.2, 0) is 4.79 Å². The number of aryl methyl sites for hydroxylation is 1. The highest BCUT2D eigenvalue weighted by molar-refractivity contribution is 5.83. The first-order valence-electron chi connectivity index (χ1n) is 7.39. The molecule has 0 unspecified atom stereocenters. The van der Waals surface area contributed by atoms with Gasteiger partial charge in [-0.05, 0) is 54.8 Å². The van der Waals surface area contributed by atoms with Gasteiger partial charge in [-0.25, -0.2) is 5.43 Å². The van der Waals surface area contributed by atoms with Crippen molar-refractivity contribution < 1.29 is 19.4 Å². The molecule has 0 radical (unpaired) electrons. The number of amides is 1. The molecule has 2 aromatic carbocycles. The van der Waals surface area contributed by atoms with Crippen molar-refractivity contribution in [2.75, 3.05) is 13.7 Å². The van der Waals surface area contributed by atoms with E-state index in [0.717, 1.165) is 11.1 Å². The molecule has 0 saturated heterocycles. The SMILES string of the molecule is COc1cc(C=NNC(=O)COc2cccc(C)c2C)ccc1O. The standard InChI is InChI=1S/C18H20N2O4/c1-12-5-4-6-16(13(12)2)24-11-18(22)20-19-10-14-7-8-15(21)17(9-14)23-3/h4-10,21H,11H2,1-3H3,(H,20,22). The number of methoxy groups -OCH3 is 1. The molecule has 2 aromatic rings. The highest BCUT2D eigenvalue weighted by Crippen LogP contribution is 2.25. The number of aromatic hydroxyl groups is 1. The lowest BCUT2D eigenvalue weighted by Crippen LogP contribution is -2.24. The average molecular weight is 328 g/mol. The zero-order valence-electron chi connectivity index (χ0n) is 13.9. The van der Waals surface area contributed by atoms with Crippen molar-refractivity contribution in [1.82, 2.24) is 5.43 Å². The van der Waals surface area contributed by atoms with Crippen LogP contribution in [-0.4, -0.2) is 30.9 Å². The summed E-state index contributed by atoms with van der Waals surface area (Å²) in [5.74, 6) is 0.694. The van der Waals surface area contributed by atoms with Gasteiger partial charge >= 0.3 is 0 Å². The van der Waals surface area contributed by atoms with Crippen LogP contribution in [0.3, 0.4) is 0 Å². The molecule has 0 bridgehead atoms. The second kappa shape index (κ2) is 8.01. The van der Waals surface area contributed by atoms with Crippen molar-refractivity contribution in [3.63, 3.8) is 0 Å². The number of ether oxygens (including phenoxy) is 2. The number of nitrogens with one attached hydrogen (secondary N) is 1. The molecule has 0 atom stereocenters. The van der Waals surface area contributed by atoms with Gasteiger partial charge in [-0.1, -0.05) is 12.1 Å². The summed E-state index contributed by atoms with van der Waals surface area (Å²) in [5.41, 5.74) is 5.18. The quantitative estimate of drug-likeness (QED) is 0.631. The summed E-state index contributed by atoms with van der Waals surface area (Å²) >= 11 is 0. The molecular weight excluding hydrogens is 308 g/mol. The number of rotatable bonds is 6. The van der Waals surface area contributed by atoms with Gasteiger partial charge in [0.05, 0.1) is 13.3 Å². The summed E-state index contributed by atoms with van der Waals surface area (Å²) < 4.78 is 10.5. The Kier molecular flexibility index (Phi) is 5.78. The van der Waals surface area contributed by atoms with Gasteiger partial charge < -0.3 is 14.6 Å². The van der Waals surface area contributed by atoms with Gasteiger partial charge in [0.25, 0.3) is 5.91 Å². The molecule has 2 rings (SSSR count). The number of carbonyl (C=O) groups is 1. The summed E-state index contributed by atoms with van der Waals surface area (Å²) in [6, 6.07) is 10.4. The number of phenols is 1. The lowest BCUT2D eigenvalue weighted by Gasteiger charge is -2.09. The van der Waals surface area contributed by atoms with Crippen molar-refractivity contribution in [3.05, 3.63) is 53.1 Å². The summed E-state index contributed by atoms with van der Waals surface area (Å²) in [6.07, 6.45) is 1.46. The zero-order chi connectivity index (χ0) is 17.5. The maximum absolute atomic E-state index is 11.8. The van der Waals surface area contributed by atoms with E-state index in [1.807, 2.05) is 32.0 Å². The first-order chi connectivity index (χ1) is 11.5. The molecule has 0 saturated carbocycles. The number of phenolic OH excluding ortho intramolecular Hbond substituents is 1. The van der Waals surface area contributed by atoms with E-state index >= 15 is 0 Å². The van der Waals surface area contributed by atoms with Gasteiger partial charge in [-0.2, -0.15) is 5.10 Å². The number of hydrogen-bond acceptors (Lipinski definition) is 5. The molecule has 0 aliphatic carbocycles. The molecule has 24 heavy (non-hydrogen) atoms. The maximum atomic E-state index is 11.8. The van der Waals surface area contributed by atoms with Crippen LogP contribution in [0, 0.1) is 13.8 Å². The minimum Gasteiger partial charge on any atom is -0.504 e. The van der Waals surface area contributed by atoms with E-state index in [1.165, 1.54) is 19.4 Å². The van der Waals surface area contributed by atoms with E-state index in [-0.39, 0.29) is 18.3 Å². The molecule has 0 heterocycles. The van der Waals surface area contributed by atoms with E-state index in [9.17, 15) is 9.90 Å². The monoisotopic (exact) mass is 328 g/mol. The normalized spacial score (nSPS) is 10.6. The Hall–Kier alpha value is -3.02. The van der Waals surface area contributed by atoms with Crippen LogP contribution in [0.25, 0.3) is 0 Å². The van der Waals surface area contributed by atoms with Gasteiger partial charge in [0.2, 0.25) is 0 Å². The molecule has 0 spiro atoms. The third-order valence-corrected chi connectivity index (χ3v) is 3.52. The predicted molar refractivity (Wildman–Crippen MR) is 91.8 cm³/mol. The van der Waals surface area contributed by atoms with E-state index in [2.05, 4.69) is 10.5 Å². The summed E-state index contributed by atoms with van der Waals surface area (Å²) in [5, 5.41) is 13.4. The van der Waals surface area contributed by atoms with Crippen LogP contribution in [0.5, 0.6) is 17.2 Å². The Morgan fingerprint density at radius 3 is 2.79 bits per heavy atom. The fourth-order valence-corrected chi connectivity index (χ4v) is 2.01. The van der Waals surface area contributed by atoms with Crippen molar-refractivity contribution in [2.45, 2.75) is 13.8 Å². The molecule has 0 aliphatic heterocycles. The zero-order valence-corrected chi connectivity index (χ0v) is 13.9. The van der Waals surface area contributed by atoms with Gasteiger partial charge in [0.15, 0.2) is 18.1 Å². The Balaban J connectivity index is 1.88. The molecule has 0 fully saturated rings. The molecule has 6 heteroatoms. The lowest BCUT2D eigenvalue weighted by atomic mass is 10.1. The average Bonchev–Trinajstić information content (AvgIpc) is 2.57. The van der Waals surface area contributed by atoms with Gasteiger partial charge in [0.1, 0.15) is 5.75 Å². The number of carbonyl (C=O) groups excluding carboxylic acids is 1. The van der Waals surface area contributed by atoms with E-state index in [4.69, 9.17) is 9.47 Å². The summed E-state index contributed by atoms with van der Waals surface area (Å²) in [4.78, 5) is 11.8. The molecule has 2 N–H and O–H groups in total. The topological polar surface area (TPSA) is 80.2 Å². The predicted octanol–water partition coefficient (Wildman–Crippen LogP) is 2.55. The first kappa shape index (κ1) is 17.3. The number of nitrogens with zero attached hydrogens (tertiary/aromatic N) is 1. The Morgan fingerprint density at radius 2 is 2.04 bits per heavy atom. The third kappa shape index (κ3) is 4.49. The second-order valence-electron chi connectivity index (χ2n) is 5.21. The summed E-state index contributed by atoms with van der Waals surface area (Å²) in [7, 11) is 1.46. The molecule has 126 valence electrons. The molecular formula is C18H20N2O4. The fourth-order valence-electron chi connectivity index (χ4n) is 2.01. The van der Waals surface area contributed by atoms with Crippen LogP contribution in [0.15, 0.2) is 41.5 Å². The fraction of sp³-hybridized carbons (Fsp3) is 0.222. The van der Waals surface area contributed by atoms with Crippen molar-refractivity contribution in [3.8, 4) is 17.2 Å². The minimum atomic E-state index is -0.363. The van der Waals surface area contributed by atoms with Crippen LogP contribution in [0.1, 0.15) is 16.7 Å². The van der Waals surface area contributed by atoms with Crippen LogP contribution in [0.2, 0.25) is 0 Å². The third-order valence-electron chi connectivity index (χ3n) is 3.52. The lowest BCUT2D eigenvalue weighted by molar-refractivity contribution is -0.123. The van der Waals surface area contributed by atoms with E-state index in [1.54, 1.807) is 12.1 Å².